The Labute approximate surface area is 161 Å². The molecular weight excluding hydrogens is 342 g/mol. The van der Waals surface area contributed by atoms with Crippen LogP contribution in [0.1, 0.15) is 70.9 Å². The van der Waals surface area contributed by atoms with Gasteiger partial charge in [0.1, 0.15) is 12.1 Å². The van der Waals surface area contributed by atoms with Gasteiger partial charge in [-0.2, -0.15) is 0 Å². The number of carbonyl (C=O) groups is 3. The number of nitrogens with one attached hydrogen (secondary N) is 2. The number of unbranched alkanes of at least 4 members (excludes halogenated alkanes) is 4. The van der Waals surface area contributed by atoms with Crippen molar-refractivity contribution in [1.82, 2.24) is 15.5 Å². The van der Waals surface area contributed by atoms with Crippen LogP contribution in [-0.4, -0.2) is 34.8 Å². The predicted molar refractivity (Wildman–Crippen MR) is 105 cm³/mol. The zero-order valence-electron chi connectivity index (χ0n) is 16.6. The lowest BCUT2D eigenvalue weighted by Gasteiger charge is -2.22. The first-order valence-electron chi connectivity index (χ1n) is 9.86. The third-order valence-corrected chi connectivity index (χ3v) is 5.10. The van der Waals surface area contributed by atoms with Gasteiger partial charge in [-0.05, 0) is 25.8 Å². The molecule has 1 aliphatic rings. The number of imide groups is 1. The smallest absolute Gasteiger partial charge is 0.325 e. The van der Waals surface area contributed by atoms with E-state index in [-0.39, 0.29) is 24.4 Å². The Bertz CT molecular complexity index is 662. The zero-order valence-corrected chi connectivity index (χ0v) is 16.6. The molecule has 0 saturated carbocycles. The summed E-state index contributed by atoms with van der Waals surface area (Å²) >= 11 is 0. The standard InChI is InChI=1S/C21H31N3O3/c1-4-5-6-7-11-14-21(3)19(26)24(20(27)23-21)15-18(25)22-16(2)17-12-9-8-10-13-17/h8-10,12-13,16H,4-7,11,14-15H2,1-3H3,(H,22,25)(H,23,27)/t16-,21+/m0/s1. The van der Waals surface area contributed by atoms with Gasteiger partial charge in [0, 0.05) is 0 Å². The molecule has 0 radical (unpaired) electrons. The first kappa shape index (κ1) is 20.9. The van der Waals surface area contributed by atoms with Crippen molar-refractivity contribution in [3.8, 4) is 0 Å². The molecule has 0 bridgehead atoms. The molecule has 0 spiro atoms. The number of nitrogens with zero attached hydrogens (tertiary/aromatic N) is 1. The van der Waals surface area contributed by atoms with Gasteiger partial charge in [0.05, 0.1) is 6.04 Å². The van der Waals surface area contributed by atoms with Crippen LogP contribution in [0.2, 0.25) is 0 Å². The van der Waals surface area contributed by atoms with E-state index in [2.05, 4.69) is 17.6 Å². The van der Waals surface area contributed by atoms with E-state index < -0.39 is 11.6 Å². The van der Waals surface area contributed by atoms with Crippen LogP contribution in [0.3, 0.4) is 0 Å². The van der Waals surface area contributed by atoms with Gasteiger partial charge in [0.2, 0.25) is 5.91 Å². The lowest BCUT2D eigenvalue weighted by atomic mass is 9.94. The molecule has 4 amide bonds. The summed E-state index contributed by atoms with van der Waals surface area (Å²) in [6, 6.07) is 8.89. The van der Waals surface area contributed by atoms with Crippen LogP contribution in [0.4, 0.5) is 4.79 Å². The minimum absolute atomic E-state index is 0.190. The van der Waals surface area contributed by atoms with E-state index in [1.165, 1.54) is 6.42 Å². The molecule has 1 aliphatic heterocycles. The number of carbonyl (C=O) groups excluding carboxylic acids is 3. The van der Waals surface area contributed by atoms with Crippen LogP contribution in [-0.2, 0) is 9.59 Å². The van der Waals surface area contributed by atoms with E-state index in [9.17, 15) is 14.4 Å². The number of rotatable bonds is 10. The average Bonchev–Trinajstić information content (AvgIpc) is 2.85. The number of hydrogen-bond donors (Lipinski definition) is 2. The highest BCUT2D eigenvalue weighted by Gasteiger charge is 2.47. The summed E-state index contributed by atoms with van der Waals surface area (Å²) in [6.45, 7) is 5.52. The Morgan fingerprint density at radius 2 is 1.81 bits per heavy atom. The van der Waals surface area contributed by atoms with Gasteiger partial charge >= 0.3 is 6.03 Å². The molecule has 1 fully saturated rings. The topological polar surface area (TPSA) is 78.5 Å². The summed E-state index contributed by atoms with van der Waals surface area (Å²) in [5.41, 5.74) is 0.0641. The number of amides is 4. The van der Waals surface area contributed by atoms with Crippen molar-refractivity contribution in [2.75, 3.05) is 6.54 Å². The molecule has 1 heterocycles. The molecule has 0 aliphatic carbocycles. The lowest BCUT2D eigenvalue weighted by molar-refractivity contribution is -0.135. The Kier molecular flexibility index (Phi) is 7.39. The van der Waals surface area contributed by atoms with Gasteiger partial charge in [-0.25, -0.2) is 4.79 Å². The van der Waals surface area contributed by atoms with Gasteiger partial charge in [0.15, 0.2) is 0 Å². The van der Waals surface area contributed by atoms with Gasteiger partial charge < -0.3 is 10.6 Å². The highest BCUT2D eigenvalue weighted by atomic mass is 16.2. The van der Waals surface area contributed by atoms with Crippen molar-refractivity contribution in [3.63, 3.8) is 0 Å². The third kappa shape index (κ3) is 5.55. The molecule has 27 heavy (non-hydrogen) atoms. The maximum Gasteiger partial charge on any atom is 0.325 e. The van der Waals surface area contributed by atoms with E-state index in [4.69, 9.17) is 0 Å². The first-order chi connectivity index (χ1) is 12.9. The van der Waals surface area contributed by atoms with Crippen molar-refractivity contribution in [2.24, 2.45) is 0 Å². The third-order valence-electron chi connectivity index (χ3n) is 5.10. The second kappa shape index (κ2) is 9.53. The SMILES string of the molecule is CCCCCCC[C@@]1(C)NC(=O)N(CC(=O)N[C@@H](C)c2ccccc2)C1=O. The van der Waals surface area contributed by atoms with Crippen LogP contribution in [0.15, 0.2) is 30.3 Å². The molecule has 6 nitrogen and oxygen atoms in total. The second-order valence-corrected chi connectivity index (χ2v) is 7.52. The summed E-state index contributed by atoms with van der Waals surface area (Å²) in [7, 11) is 0. The van der Waals surface area contributed by atoms with Gasteiger partial charge in [0.25, 0.3) is 5.91 Å². The number of urea groups is 1. The maximum atomic E-state index is 12.7. The second-order valence-electron chi connectivity index (χ2n) is 7.52. The molecule has 148 valence electrons. The summed E-state index contributed by atoms with van der Waals surface area (Å²) in [6.07, 6.45) is 6.01. The Hall–Kier alpha value is -2.37. The quantitative estimate of drug-likeness (QED) is 0.486. The first-order valence-corrected chi connectivity index (χ1v) is 9.86. The summed E-state index contributed by atoms with van der Waals surface area (Å²) in [5.74, 6) is -0.660. The average molecular weight is 373 g/mol. The fourth-order valence-corrected chi connectivity index (χ4v) is 3.40. The highest BCUT2D eigenvalue weighted by Crippen LogP contribution is 2.24. The fraction of sp³-hybridized carbons (Fsp3) is 0.571. The molecule has 0 unspecified atom stereocenters. The monoisotopic (exact) mass is 373 g/mol. The van der Waals surface area contributed by atoms with Crippen LogP contribution in [0.25, 0.3) is 0 Å². The largest absolute Gasteiger partial charge is 0.348 e. The lowest BCUT2D eigenvalue weighted by Crippen LogP contribution is -2.45. The molecule has 2 rings (SSSR count). The van der Waals surface area contributed by atoms with Crippen molar-refractivity contribution < 1.29 is 14.4 Å². The maximum absolute atomic E-state index is 12.7. The Morgan fingerprint density at radius 3 is 2.48 bits per heavy atom. The molecule has 2 N–H and O–H groups in total. The number of benzene rings is 1. The van der Waals surface area contributed by atoms with Gasteiger partial charge in [-0.15, -0.1) is 0 Å². The van der Waals surface area contributed by atoms with Crippen LogP contribution < -0.4 is 10.6 Å². The molecule has 6 heteroatoms. The van der Waals surface area contributed by atoms with Gasteiger partial charge in [-0.1, -0.05) is 69.4 Å². The van der Waals surface area contributed by atoms with Crippen molar-refractivity contribution in [3.05, 3.63) is 35.9 Å². The molecule has 1 saturated heterocycles. The van der Waals surface area contributed by atoms with E-state index in [1.54, 1.807) is 6.92 Å². The van der Waals surface area contributed by atoms with Crippen LogP contribution >= 0.6 is 0 Å². The molecular formula is C21H31N3O3. The molecule has 2 atom stereocenters. The van der Waals surface area contributed by atoms with Crippen molar-refractivity contribution in [2.45, 2.75) is 70.9 Å². The van der Waals surface area contributed by atoms with Crippen LogP contribution in [0, 0.1) is 0 Å². The molecule has 1 aromatic carbocycles. The van der Waals surface area contributed by atoms with E-state index in [1.807, 2.05) is 37.3 Å². The minimum Gasteiger partial charge on any atom is -0.348 e. The number of hydrogen-bond acceptors (Lipinski definition) is 3. The van der Waals surface area contributed by atoms with E-state index >= 15 is 0 Å². The summed E-state index contributed by atoms with van der Waals surface area (Å²) in [4.78, 5) is 38.3. The van der Waals surface area contributed by atoms with E-state index in [0.717, 1.165) is 36.1 Å². The highest BCUT2D eigenvalue weighted by molar-refractivity contribution is 6.08. The predicted octanol–water partition coefficient (Wildman–Crippen LogP) is 3.53. The Balaban J connectivity index is 1.87. The summed E-state index contributed by atoms with van der Waals surface area (Å²) in [5, 5.41) is 5.61. The van der Waals surface area contributed by atoms with E-state index in [0.29, 0.717) is 6.42 Å². The minimum atomic E-state index is -0.908. The van der Waals surface area contributed by atoms with Crippen molar-refractivity contribution in [1.29, 1.82) is 0 Å². The van der Waals surface area contributed by atoms with Crippen molar-refractivity contribution >= 4 is 17.8 Å². The summed E-state index contributed by atoms with van der Waals surface area (Å²) < 4.78 is 0. The van der Waals surface area contributed by atoms with Crippen LogP contribution in [0.5, 0.6) is 0 Å². The fourth-order valence-electron chi connectivity index (χ4n) is 3.40. The molecule has 0 aromatic heterocycles. The van der Waals surface area contributed by atoms with Gasteiger partial charge in [-0.3, -0.25) is 14.5 Å². The Morgan fingerprint density at radius 1 is 1.15 bits per heavy atom. The normalized spacial score (nSPS) is 20.5. The zero-order chi connectivity index (χ0) is 19.9. The molecule has 1 aromatic rings.